The molecule has 0 radical (unpaired) electrons. The molecule has 3 nitrogen and oxygen atoms in total. The summed E-state index contributed by atoms with van der Waals surface area (Å²) in [5, 5.41) is 1.17. The van der Waals surface area contributed by atoms with Crippen molar-refractivity contribution in [3.05, 3.63) is 57.9 Å². The van der Waals surface area contributed by atoms with Gasteiger partial charge in [0.15, 0.2) is 0 Å². The fourth-order valence-electron chi connectivity index (χ4n) is 4.75. The van der Waals surface area contributed by atoms with Gasteiger partial charge >= 0.3 is 0 Å². The normalized spacial score (nSPS) is 23.0. The lowest BCUT2D eigenvalue weighted by Crippen LogP contribution is -2.40. The van der Waals surface area contributed by atoms with Crippen LogP contribution >= 0.6 is 22.6 Å². The molecule has 0 bridgehead atoms. The molecule has 144 valence electrons. The molecule has 27 heavy (non-hydrogen) atoms. The predicted octanol–water partition coefficient (Wildman–Crippen LogP) is 5.39. The van der Waals surface area contributed by atoms with E-state index in [2.05, 4.69) is 68.9 Å². The Bertz CT molecular complexity index is 880. The van der Waals surface area contributed by atoms with Crippen LogP contribution in [0, 0.1) is 5.92 Å². The molecular formula is C23H29IN2O. The van der Waals surface area contributed by atoms with Crippen molar-refractivity contribution in [2.75, 3.05) is 13.1 Å². The van der Waals surface area contributed by atoms with Gasteiger partial charge in [-0.1, -0.05) is 47.7 Å². The molecule has 1 N–H and O–H groups in total. The Balaban J connectivity index is 1.73. The highest BCUT2D eigenvalue weighted by Crippen LogP contribution is 2.39. The first kappa shape index (κ1) is 19.2. The first-order valence-corrected chi connectivity index (χ1v) is 11.6. The zero-order valence-corrected chi connectivity index (χ0v) is 18.2. The highest BCUT2D eigenvalue weighted by molar-refractivity contribution is 14.1. The van der Waals surface area contributed by atoms with E-state index in [-0.39, 0.29) is 5.56 Å². The number of hydrogen-bond acceptors (Lipinski definition) is 2. The number of pyridine rings is 1. The van der Waals surface area contributed by atoms with E-state index in [4.69, 9.17) is 0 Å². The number of allylic oxidation sites excluding steroid dienone is 2. The Morgan fingerprint density at radius 2 is 2.00 bits per heavy atom. The number of piperidine rings is 1. The molecule has 1 saturated heterocycles. The number of nitrogens with zero attached hydrogens (tertiary/aromatic N) is 1. The summed E-state index contributed by atoms with van der Waals surface area (Å²) in [5.74, 6) is 0.687. The fourth-order valence-corrected chi connectivity index (χ4v) is 5.30. The third-order valence-electron chi connectivity index (χ3n) is 6.28. The second-order valence-corrected chi connectivity index (χ2v) is 9.79. The van der Waals surface area contributed by atoms with Crippen LogP contribution in [-0.4, -0.2) is 26.9 Å². The number of H-pyrrole nitrogens is 1. The van der Waals surface area contributed by atoms with Crippen LogP contribution in [0.2, 0.25) is 0 Å². The maximum Gasteiger partial charge on any atom is 0.251 e. The smallest absolute Gasteiger partial charge is 0.251 e. The number of aromatic nitrogens is 1. The number of rotatable bonds is 4. The monoisotopic (exact) mass is 476 g/mol. The number of fused-ring (bicyclic) bond motifs is 1. The van der Waals surface area contributed by atoms with Crippen molar-refractivity contribution in [2.24, 2.45) is 5.92 Å². The summed E-state index contributed by atoms with van der Waals surface area (Å²) in [5.41, 5.74) is 3.30. The number of aryl methyl sites for hydroxylation is 1. The van der Waals surface area contributed by atoms with E-state index >= 15 is 0 Å². The van der Waals surface area contributed by atoms with Crippen molar-refractivity contribution in [3.63, 3.8) is 0 Å². The standard InChI is InChI=1S/C23H29IN2O/c1-2-16-14-19-15-18(8-9-21(19)25-23(16)27)22(17-6-4-3-5-7-17)26-12-10-20(24)11-13-26/h3-4,8-9,14-15,17,20,22H,2,5-7,10-13H2,1H3,(H,25,27). The van der Waals surface area contributed by atoms with Gasteiger partial charge < -0.3 is 4.98 Å². The van der Waals surface area contributed by atoms with Gasteiger partial charge in [-0.2, -0.15) is 0 Å². The first-order valence-electron chi connectivity index (χ1n) is 10.3. The van der Waals surface area contributed by atoms with Crippen LogP contribution in [0.5, 0.6) is 0 Å². The summed E-state index contributed by atoms with van der Waals surface area (Å²) >= 11 is 2.61. The molecule has 1 aromatic carbocycles. The van der Waals surface area contributed by atoms with Crippen molar-refractivity contribution in [1.29, 1.82) is 0 Å². The Hall–Kier alpha value is -1.14. The van der Waals surface area contributed by atoms with E-state index in [9.17, 15) is 4.79 Å². The molecule has 2 heterocycles. The number of nitrogens with one attached hydrogen (secondary N) is 1. The minimum Gasteiger partial charge on any atom is -0.322 e. The Kier molecular flexibility index (Phi) is 6.02. The van der Waals surface area contributed by atoms with Crippen molar-refractivity contribution in [3.8, 4) is 0 Å². The Morgan fingerprint density at radius 1 is 1.19 bits per heavy atom. The highest BCUT2D eigenvalue weighted by Gasteiger charge is 2.31. The van der Waals surface area contributed by atoms with Gasteiger partial charge in [-0.3, -0.25) is 9.69 Å². The highest BCUT2D eigenvalue weighted by atomic mass is 127. The zero-order chi connectivity index (χ0) is 18.8. The lowest BCUT2D eigenvalue weighted by Gasteiger charge is -2.41. The van der Waals surface area contributed by atoms with E-state index in [1.165, 1.54) is 56.1 Å². The molecule has 2 atom stereocenters. The SMILES string of the molecule is CCc1cc2cc(C(C3CC=CCC3)N3CCC(I)CC3)ccc2[nH]c1=O. The van der Waals surface area contributed by atoms with Crippen LogP contribution in [0.15, 0.2) is 41.2 Å². The molecule has 1 aliphatic carbocycles. The second-order valence-electron chi connectivity index (χ2n) is 8.02. The minimum atomic E-state index is 0.0517. The Labute approximate surface area is 175 Å². The average molecular weight is 476 g/mol. The van der Waals surface area contributed by atoms with Crippen molar-refractivity contribution < 1.29 is 0 Å². The summed E-state index contributed by atoms with van der Waals surface area (Å²) in [4.78, 5) is 17.9. The van der Waals surface area contributed by atoms with Gasteiger partial charge in [0.2, 0.25) is 0 Å². The number of likely N-dealkylation sites (tertiary alicyclic amines) is 1. The van der Waals surface area contributed by atoms with Crippen LogP contribution in [-0.2, 0) is 6.42 Å². The number of alkyl halides is 1. The van der Waals surface area contributed by atoms with Gasteiger partial charge in [0.1, 0.15) is 0 Å². The lowest BCUT2D eigenvalue weighted by atomic mass is 9.82. The summed E-state index contributed by atoms with van der Waals surface area (Å²) in [6.07, 6.45) is 11.7. The van der Waals surface area contributed by atoms with Gasteiger partial charge in [0, 0.05) is 21.0 Å². The lowest BCUT2D eigenvalue weighted by molar-refractivity contribution is 0.114. The van der Waals surface area contributed by atoms with Crippen molar-refractivity contribution >= 4 is 33.5 Å². The topological polar surface area (TPSA) is 36.1 Å². The third-order valence-corrected chi connectivity index (χ3v) is 7.52. The van der Waals surface area contributed by atoms with Crippen molar-refractivity contribution in [2.45, 2.75) is 55.4 Å². The van der Waals surface area contributed by atoms with E-state index in [1.807, 2.05) is 6.92 Å². The molecule has 0 spiro atoms. The van der Waals surface area contributed by atoms with Crippen LogP contribution < -0.4 is 5.56 Å². The van der Waals surface area contributed by atoms with Crippen LogP contribution in [0.4, 0.5) is 0 Å². The molecule has 1 fully saturated rings. The molecule has 4 heteroatoms. The van der Waals surface area contributed by atoms with E-state index in [0.717, 1.165) is 21.4 Å². The zero-order valence-electron chi connectivity index (χ0n) is 16.1. The predicted molar refractivity (Wildman–Crippen MR) is 122 cm³/mol. The molecule has 1 aromatic heterocycles. The number of aromatic amines is 1. The number of benzene rings is 1. The minimum absolute atomic E-state index is 0.0517. The van der Waals surface area contributed by atoms with Crippen LogP contribution in [0.25, 0.3) is 10.9 Å². The molecule has 0 amide bonds. The molecule has 2 aromatic rings. The average Bonchev–Trinajstić information content (AvgIpc) is 2.70. The maximum atomic E-state index is 12.1. The molecule has 4 rings (SSSR count). The van der Waals surface area contributed by atoms with Gasteiger partial charge in [-0.05, 0) is 86.7 Å². The first-order chi connectivity index (χ1) is 13.2. The molecule has 2 unspecified atom stereocenters. The second kappa shape index (κ2) is 8.48. The van der Waals surface area contributed by atoms with Gasteiger partial charge in [-0.15, -0.1) is 0 Å². The summed E-state index contributed by atoms with van der Waals surface area (Å²) in [6, 6.07) is 9.28. The molecule has 0 saturated carbocycles. The summed E-state index contributed by atoms with van der Waals surface area (Å²) in [7, 11) is 0. The Morgan fingerprint density at radius 3 is 2.70 bits per heavy atom. The largest absolute Gasteiger partial charge is 0.322 e. The van der Waals surface area contributed by atoms with E-state index < -0.39 is 0 Å². The number of halogens is 1. The van der Waals surface area contributed by atoms with Crippen molar-refractivity contribution in [1.82, 2.24) is 9.88 Å². The van der Waals surface area contributed by atoms with Crippen LogP contribution in [0.1, 0.15) is 56.2 Å². The third kappa shape index (κ3) is 4.16. The summed E-state index contributed by atoms with van der Waals surface area (Å²) in [6.45, 7) is 4.44. The van der Waals surface area contributed by atoms with E-state index in [1.54, 1.807) is 0 Å². The van der Waals surface area contributed by atoms with Gasteiger partial charge in [0.05, 0.1) is 0 Å². The van der Waals surface area contributed by atoms with E-state index in [0.29, 0.717) is 12.0 Å². The molecule has 1 aliphatic heterocycles. The fraction of sp³-hybridized carbons (Fsp3) is 0.522. The summed E-state index contributed by atoms with van der Waals surface area (Å²) < 4.78 is 0.819. The maximum absolute atomic E-state index is 12.1. The van der Waals surface area contributed by atoms with Gasteiger partial charge in [0.25, 0.3) is 5.56 Å². The molecular weight excluding hydrogens is 447 g/mol. The quantitative estimate of drug-likeness (QED) is 0.365. The van der Waals surface area contributed by atoms with Crippen LogP contribution in [0.3, 0.4) is 0 Å². The number of hydrogen-bond donors (Lipinski definition) is 1. The molecule has 2 aliphatic rings. The van der Waals surface area contributed by atoms with Gasteiger partial charge in [-0.25, -0.2) is 0 Å².